The van der Waals surface area contributed by atoms with E-state index in [2.05, 4.69) is 88.3 Å². The molecule has 0 amide bonds. The minimum absolute atomic E-state index is 0.348. The van der Waals surface area contributed by atoms with Gasteiger partial charge in [0.15, 0.2) is 0 Å². The van der Waals surface area contributed by atoms with Crippen LogP contribution in [0.15, 0.2) is 67.0 Å². The molecule has 0 N–H and O–H groups in total. The topological polar surface area (TPSA) is 8.81 Å². The molecule has 4 rings (SSSR count). The average molecular weight is 469 g/mol. The van der Waals surface area contributed by atoms with E-state index in [9.17, 15) is 0 Å². The fourth-order valence-electron chi connectivity index (χ4n) is 4.98. The average Bonchev–Trinajstić information content (AvgIpc) is 3.23. The summed E-state index contributed by atoms with van der Waals surface area (Å²) < 4.78 is 29.2. The number of imidazole rings is 1. The highest BCUT2D eigenvalue weighted by Gasteiger charge is 2.28. The zero-order valence-corrected chi connectivity index (χ0v) is 22.5. The zero-order valence-electron chi connectivity index (χ0n) is 25.5. The highest BCUT2D eigenvalue weighted by atomic mass is 15.1. The van der Waals surface area contributed by atoms with E-state index >= 15 is 0 Å². The fourth-order valence-corrected chi connectivity index (χ4v) is 4.98. The molecule has 0 atom stereocenters. The first-order chi connectivity index (χ1) is 17.8. The van der Waals surface area contributed by atoms with Crippen LogP contribution in [0.3, 0.4) is 0 Å². The van der Waals surface area contributed by atoms with Gasteiger partial charge in [-0.25, -0.2) is 4.57 Å². The predicted octanol–water partition coefficient (Wildman–Crippen LogP) is 8.62. The zero-order chi connectivity index (χ0) is 27.9. The van der Waals surface area contributed by atoms with Crippen molar-refractivity contribution in [2.75, 3.05) is 0 Å². The molecule has 0 saturated carbocycles. The van der Waals surface area contributed by atoms with Crippen molar-refractivity contribution in [2.24, 2.45) is 7.05 Å². The highest BCUT2D eigenvalue weighted by Crippen LogP contribution is 2.38. The van der Waals surface area contributed by atoms with Crippen LogP contribution < -0.4 is 4.57 Å². The molecule has 0 fully saturated rings. The molecule has 1 aromatic heterocycles. The third-order valence-electron chi connectivity index (χ3n) is 7.03. The second-order valence-electron chi connectivity index (χ2n) is 10.7. The van der Waals surface area contributed by atoms with Gasteiger partial charge in [-0.15, -0.1) is 0 Å². The van der Waals surface area contributed by atoms with Crippen molar-refractivity contribution < 1.29 is 8.68 Å². The first kappa shape index (κ1) is 21.2. The first-order valence-electron chi connectivity index (χ1n) is 14.3. The molecule has 182 valence electrons. The van der Waals surface area contributed by atoms with Gasteiger partial charge in [0.2, 0.25) is 0 Å². The van der Waals surface area contributed by atoms with Gasteiger partial charge in [-0.1, -0.05) is 90.1 Å². The lowest BCUT2D eigenvalue weighted by Crippen LogP contribution is -2.29. The molecular weight excluding hydrogens is 424 g/mol. The van der Waals surface area contributed by atoms with Crippen LogP contribution in [0.25, 0.3) is 28.2 Å². The Morgan fingerprint density at radius 3 is 1.94 bits per heavy atom. The van der Waals surface area contributed by atoms with Gasteiger partial charge in [0, 0.05) is 15.2 Å². The van der Waals surface area contributed by atoms with E-state index in [4.69, 9.17) is 4.11 Å². The summed E-state index contributed by atoms with van der Waals surface area (Å²) in [6.45, 7) is 13.4. The summed E-state index contributed by atoms with van der Waals surface area (Å²) in [6, 6.07) is 18.5. The van der Waals surface area contributed by atoms with Gasteiger partial charge in [-0.2, -0.15) is 4.57 Å². The van der Waals surface area contributed by atoms with Crippen molar-refractivity contribution in [2.45, 2.75) is 73.1 Å². The Labute approximate surface area is 216 Å². The lowest BCUT2D eigenvalue weighted by atomic mass is 9.87. The van der Waals surface area contributed by atoms with Crippen LogP contribution >= 0.6 is 0 Å². The van der Waals surface area contributed by atoms with Crippen molar-refractivity contribution in [3.63, 3.8) is 0 Å². The molecule has 0 unspecified atom stereocenters. The Morgan fingerprint density at radius 1 is 0.771 bits per heavy atom. The summed E-state index contributed by atoms with van der Waals surface area (Å²) in [7, 11) is 2.07. The molecule has 0 aliphatic rings. The molecule has 0 bridgehead atoms. The highest BCUT2D eigenvalue weighted by molar-refractivity contribution is 5.75. The maximum atomic E-state index is 8.25. The Balaban J connectivity index is 2.07. The van der Waals surface area contributed by atoms with Gasteiger partial charge in [0.25, 0.3) is 5.82 Å². The largest absolute Gasteiger partial charge is 0.294 e. The van der Waals surface area contributed by atoms with Gasteiger partial charge < -0.3 is 0 Å². The van der Waals surface area contributed by atoms with Gasteiger partial charge in [-0.05, 0) is 65.4 Å². The van der Waals surface area contributed by atoms with Crippen molar-refractivity contribution in [3.05, 3.63) is 94.8 Å². The molecule has 2 heteroatoms. The number of benzene rings is 3. The van der Waals surface area contributed by atoms with Crippen molar-refractivity contribution >= 4 is 0 Å². The van der Waals surface area contributed by atoms with Crippen LogP contribution in [0.1, 0.15) is 91.2 Å². The smallest absolute Gasteiger partial charge is 0.232 e. The van der Waals surface area contributed by atoms with Gasteiger partial charge in [0.05, 0.1) is 12.6 Å². The van der Waals surface area contributed by atoms with E-state index in [1.165, 1.54) is 22.4 Å². The van der Waals surface area contributed by atoms with Crippen LogP contribution in [0.5, 0.6) is 0 Å². The van der Waals surface area contributed by atoms with Crippen molar-refractivity contribution in [3.8, 4) is 28.2 Å². The van der Waals surface area contributed by atoms with Crippen LogP contribution in [0.4, 0.5) is 0 Å². The third-order valence-corrected chi connectivity index (χ3v) is 7.03. The maximum absolute atomic E-state index is 8.25. The van der Waals surface area contributed by atoms with Gasteiger partial charge >= 0.3 is 0 Å². The molecule has 2 nitrogen and oxygen atoms in total. The van der Waals surface area contributed by atoms with E-state index in [0.717, 1.165) is 28.1 Å². The maximum Gasteiger partial charge on any atom is 0.294 e. The Hall–Kier alpha value is -3.13. The molecule has 0 radical (unpaired) electrons. The number of nitrogens with zero attached hydrogens (tertiary/aromatic N) is 2. The summed E-state index contributed by atoms with van der Waals surface area (Å²) in [5.41, 5.74) is 9.28. The second-order valence-corrected chi connectivity index (χ2v) is 10.7. The number of aromatic nitrogens is 2. The molecular formula is C33H41N2+. The Kier molecular flexibility index (Phi) is 5.96. The second kappa shape index (κ2) is 9.85. The van der Waals surface area contributed by atoms with Crippen LogP contribution in [0, 0.1) is 13.8 Å². The number of hydrogen-bond acceptors (Lipinski definition) is 0. The minimum atomic E-state index is -2.21. The monoisotopic (exact) mass is 468 g/mol. The summed E-state index contributed by atoms with van der Waals surface area (Å²) in [5.74, 6) is 2.18. The molecule has 1 heterocycles. The quantitative estimate of drug-likeness (QED) is 0.250. The Morgan fingerprint density at radius 2 is 1.40 bits per heavy atom. The lowest BCUT2D eigenvalue weighted by Gasteiger charge is -2.21. The molecule has 0 saturated heterocycles. The molecule has 0 spiro atoms. The Bertz CT molecular complexity index is 1410. The lowest BCUT2D eigenvalue weighted by molar-refractivity contribution is -0.659. The van der Waals surface area contributed by atoms with Crippen LogP contribution in [0.2, 0.25) is 0 Å². The molecule has 0 aliphatic heterocycles. The normalized spacial score (nSPS) is 13.4. The summed E-state index contributed by atoms with van der Waals surface area (Å²) in [6.07, 6.45) is 4.25. The first-order valence-corrected chi connectivity index (χ1v) is 12.8. The van der Waals surface area contributed by atoms with E-state index in [1.54, 1.807) is 0 Å². The molecule has 0 aliphatic carbocycles. The number of aryl methyl sites for hydroxylation is 3. The van der Waals surface area contributed by atoms with Crippen molar-refractivity contribution in [1.29, 1.82) is 0 Å². The van der Waals surface area contributed by atoms with E-state index < -0.39 is 6.85 Å². The van der Waals surface area contributed by atoms with Gasteiger partial charge in [0.1, 0.15) is 18.1 Å². The summed E-state index contributed by atoms with van der Waals surface area (Å²) in [4.78, 5) is 0. The van der Waals surface area contributed by atoms with Crippen molar-refractivity contribution in [1.82, 2.24) is 4.57 Å². The van der Waals surface area contributed by atoms with Crippen LogP contribution in [-0.4, -0.2) is 4.57 Å². The minimum Gasteiger partial charge on any atom is -0.232 e. The summed E-state index contributed by atoms with van der Waals surface area (Å²) >= 11 is 0. The predicted molar refractivity (Wildman–Crippen MR) is 150 cm³/mol. The summed E-state index contributed by atoms with van der Waals surface area (Å²) in [5, 5.41) is 0. The fraction of sp³-hybridized carbons (Fsp3) is 0.364. The van der Waals surface area contributed by atoms with Gasteiger partial charge in [-0.3, -0.25) is 0 Å². The molecule has 4 aromatic rings. The third kappa shape index (κ3) is 4.72. The van der Waals surface area contributed by atoms with Crippen LogP contribution in [-0.2, 0) is 7.05 Å². The van der Waals surface area contributed by atoms with E-state index in [-0.39, 0.29) is 0 Å². The standard InChI is InChI=1S/C33H41N2/c1-21(2)27-18-28(22(3)4)32(29(19-27)23(5)6)35-16-15-34(9)33(35)31-20-30(24(7)17-25(31)8)26-13-11-10-12-14-26/h10-23H,1-9H3/q+1/i7D3. The SMILES string of the molecule is [2H]C([2H])([2H])c1cc(C)c(-c2n(-c3c(C(C)C)cc(C(C)C)cc3C(C)C)cc[n+]2C)cc1-c1ccccc1. The van der Waals surface area contributed by atoms with E-state index in [0.29, 0.717) is 23.3 Å². The number of rotatable bonds is 6. The molecule has 35 heavy (non-hydrogen) atoms. The number of hydrogen-bond donors (Lipinski definition) is 0. The van der Waals surface area contributed by atoms with E-state index in [1.807, 2.05) is 43.3 Å². The molecule has 3 aromatic carbocycles.